The maximum atomic E-state index is 3.87. The van der Waals surface area contributed by atoms with E-state index in [2.05, 4.69) is 46.7 Å². The van der Waals surface area contributed by atoms with Crippen LogP contribution in [0.1, 0.15) is 19.8 Å². The van der Waals surface area contributed by atoms with Crippen LogP contribution in [0.5, 0.6) is 0 Å². The highest BCUT2D eigenvalue weighted by Gasteiger charge is 2.27. The highest BCUT2D eigenvalue weighted by Crippen LogP contribution is 2.21. The van der Waals surface area contributed by atoms with E-state index in [0.29, 0.717) is 5.54 Å². The van der Waals surface area contributed by atoms with Crippen molar-refractivity contribution >= 4 is 15.9 Å². The fourth-order valence-electron chi connectivity index (χ4n) is 1.70. The first kappa shape index (κ1) is 11.2. The van der Waals surface area contributed by atoms with Crippen molar-refractivity contribution in [2.45, 2.75) is 25.3 Å². The molecule has 13 heavy (non-hydrogen) atoms. The van der Waals surface area contributed by atoms with Crippen molar-refractivity contribution in [2.24, 2.45) is 0 Å². The maximum absolute atomic E-state index is 3.87. The molecular formula is C10H19BrN2. The van der Waals surface area contributed by atoms with E-state index in [1.165, 1.54) is 25.9 Å². The third-order valence-corrected chi connectivity index (χ3v) is 3.21. The number of piperidine rings is 1. The Morgan fingerprint density at radius 3 is 2.46 bits per heavy atom. The van der Waals surface area contributed by atoms with E-state index in [0.717, 1.165) is 11.0 Å². The summed E-state index contributed by atoms with van der Waals surface area (Å²) >= 11 is 3.40. The van der Waals surface area contributed by atoms with Crippen molar-refractivity contribution in [1.82, 2.24) is 10.2 Å². The molecule has 3 heteroatoms. The standard InChI is InChI=1S/C10H19BrN2/c1-9(11)8-13-6-4-10(2,12-3)5-7-13/h12H,1,4-8H2,2-3H3. The predicted octanol–water partition coefficient (Wildman–Crippen LogP) is 1.97. The monoisotopic (exact) mass is 246 g/mol. The zero-order valence-corrected chi connectivity index (χ0v) is 10.2. The lowest BCUT2D eigenvalue weighted by Gasteiger charge is -2.39. The molecule has 0 aromatic heterocycles. The molecule has 76 valence electrons. The Balaban J connectivity index is 2.34. The Labute approximate surface area is 89.5 Å². The molecule has 0 unspecified atom stereocenters. The van der Waals surface area contributed by atoms with Crippen LogP contribution in [0.3, 0.4) is 0 Å². The van der Waals surface area contributed by atoms with Crippen LogP contribution in [0.25, 0.3) is 0 Å². The van der Waals surface area contributed by atoms with E-state index in [4.69, 9.17) is 0 Å². The summed E-state index contributed by atoms with van der Waals surface area (Å²) in [5.74, 6) is 0. The van der Waals surface area contributed by atoms with Crippen molar-refractivity contribution in [3.63, 3.8) is 0 Å². The number of likely N-dealkylation sites (tertiary alicyclic amines) is 1. The molecule has 1 aliphatic rings. The molecule has 0 amide bonds. The maximum Gasteiger partial charge on any atom is 0.0293 e. The molecule has 2 nitrogen and oxygen atoms in total. The number of nitrogens with one attached hydrogen (secondary N) is 1. The van der Waals surface area contributed by atoms with Gasteiger partial charge < -0.3 is 5.32 Å². The molecule has 0 spiro atoms. The highest BCUT2D eigenvalue weighted by molar-refractivity contribution is 9.11. The van der Waals surface area contributed by atoms with Gasteiger partial charge in [-0.05, 0) is 26.8 Å². The summed E-state index contributed by atoms with van der Waals surface area (Å²) < 4.78 is 1.08. The second-order valence-electron chi connectivity index (χ2n) is 4.10. The van der Waals surface area contributed by atoms with Gasteiger partial charge in [-0.1, -0.05) is 22.5 Å². The van der Waals surface area contributed by atoms with Gasteiger partial charge in [-0.15, -0.1) is 0 Å². The molecule has 1 fully saturated rings. The second-order valence-corrected chi connectivity index (χ2v) is 5.23. The summed E-state index contributed by atoms with van der Waals surface area (Å²) in [5.41, 5.74) is 0.351. The van der Waals surface area contributed by atoms with Crippen molar-refractivity contribution in [3.05, 3.63) is 11.1 Å². The lowest BCUT2D eigenvalue weighted by Crippen LogP contribution is -2.50. The minimum atomic E-state index is 0.351. The number of rotatable bonds is 3. The van der Waals surface area contributed by atoms with Gasteiger partial charge in [0.15, 0.2) is 0 Å². The third kappa shape index (κ3) is 3.41. The average molecular weight is 247 g/mol. The summed E-state index contributed by atoms with van der Waals surface area (Å²) in [5, 5.41) is 3.39. The number of hydrogen-bond acceptors (Lipinski definition) is 2. The Hall–Kier alpha value is 0.140. The summed E-state index contributed by atoms with van der Waals surface area (Å²) in [6, 6.07) is 0. The Kier molecular flexibility index (Phi) is 3.95. The van der Waals surface area contributed by atoms with E-state index in [1.54, 1.807) is 0 Å². The summed E-state index contributed by atoms with van der Waals surface area (Å²) in [4.78, 5) is 2.44. The minimum Gasteiger partial charge on any atom is -0.314 e. The summed E-state index contributed by atoms with van der Waals surface area (Å²) in [7, 11) is 2.05. The quantitative estimate of drug-likeness (QED) is 0.820. The fraction of sp³-hybridized carbons (Fsp3) is 0.800. The van der Waals surface area contributed by atoms with E-state index in [1.807, 2.05) is 0 Å². The molecule has 0 radical (unpaired) electrons. The normalized spacial score (nSPS) is 23.0. The summed E-state index contributed by atoms with van der Waals surface area (Å²) in [6.07, 6.45) is 2.45. The van der Waals surface area contributed by atoms with E-state index in [-0.39, 0.29) is 0 Å². The molecule has 0 aliphatic carbocycles. The fourth-order valence-corrected chi connectivity index (χ4v) is 2.05. The van der Waals surface area contributed by atoms with Gasteiger partial charge in [-0.25, -0.2) is 0 Å². The van der Waals surface area contributed by atoms with E-state index >= 15 is 0 Å². The Bertz CT molecular complexity index is 183. The first-order valence-corrected chi connectivity index (χ1v) is 5.59. The third-order valence-electron chi connectivity index (χ3n) is 2.96. The molecule has 1 rings (SSSR count). The van der Waals surface area contributed by atoms with Crippen LogP contribution < -0.4 is 5.32 Å². The van der Waals surface area contributed by atoms with Crippen LogP contribution in [0, 0.1) is 0 Å². The average Bonchev–Trinajstić information content (AvgIpc) is 2.09. The van der Waals surface area contributed by atoms with Gasteiger partial charge >= 0.3 is 0 Å². The lowest BCUT2D eigenvalue weighted by atomic mass is 9.90. The molecule has 1 N–H and O–H groups in total. The van der Waals surface area contributed by atoms with Gasteiger partial charge in [0.2, 0.25) is 0 Å². The number of nitrogens with zero attached hydrogens (tertiary/aromatic N) is 1. The van der Waals surface area contributed by atoms with Crippen LogP contribution in [-0.4, -0.2) is 37.1 Å². The molecule has 1 saturated heterocycles. The van der Waals surface area contributed by atoms with Crippen LogP contribution >= 0.6 is 15.9 Å². The molecule has 0 bridgehead atoms. The van der Waals surface area contributed by atoms with Gasteiger partial charge in [0, 0.05) is 29.7 Å². The Morgan fingerprint density at radius 1 is 1.54 bits per heavy atom. The molecule has 0 aromatic rings. The summed E-state index contributed by atoms with van der Waals surface area (Å²) in [6.45, 7) is 9.49. The van der Waals surface area contributed by atoms with Crippen molar-refractivity contribution < 1.29 is 0 Å². The van der Waals surface area contributed by atoms with Gasteiger partial charge in [-0.2, -0.15) is 0 Å². The molecule has 1 aliphatic heterocycles. The highest BCUT2D eigenvalue weighted by atomic mass is 79.9. The van der Waals surface area contributed by atoms with Crippen molar-refractivity contribution in [1.29, 1.82) is 0 Å². The molecule has 0 saturated carbocycles. The molecule has 0 aromatic carbocycles. The zero-order chi connectivity index (χ0) is 9.90. The van der Waals surface area contributed by atoms with E-state index < -0.39 is 0 Å². The topological polar surface area (TPSA) is 15.3 Å². The predicted molar refractivity (Wildman–Crippen MR) is 61.2 cm³/mol. The smallest absolute Gasteiger partial charge is 0.0293 e. The molecule has 1 heterocycles. The van der Waals surface area contributed by atoms with Gasteiger partial charge in [0.05, 0.1) is 0 Å². The number of halogens is 1. The first-order chi connectivity index (χ1) is 6.06. The SMILES string of the molecule is C=C(Br)CN1CCC(C)(NC)CC1. The lowest BCUT2D eigenvalue weighted by molar-refractivity contribution is 0.164. The zero-order valence-electron chi connectivity index (χ0n) is 8.57. The van der Waals surface area contributed by atoms with Crippen LogP contribution in [0.15, 0.2) is 11.1 Å². The molecular weight excluding hydrogens is 228 g/mol. The molecule has 0 atom stereocenters. The second kappa shape index (κ2) is 4.58. The van der Waals surface area contributed by atoms with Crippen LogP contribution in [-0.2, 0) is 0 Å². The van der Waals surface area contributed by atoms with Crippen molar-refractivity contribution in [3.8, 4) is 0 Å². The van der Waals surface area contributed by atoms with Crippen molar-refractivity contribution in [2.75, 3.05) is 26.7 Å². The van der Waals surface area contributed by atoms with Gasteiger partial charge in [0.1, 0.15) is 0 Å². The van der Waals surface area contributed by atoms with Crippen LogP contribution in [0.2, 0.25) is 0 Å². The first-order valence-electron chi connectivity index (χ1n) is 4.80. The minimum absolute atomic E-state index is 0.351. The largest absolute Gasteiger partial charge is 0.314 e. The van der Waals surface area contributed by atoms with Gasteiger partial charge in [0.25, 0.3) is 0 Å². The number of hydrogen-bond donors (Lipinski definition) is 1. The van der Waals surface area contributed by atoms with Gasteiger partial charge in [-0.3, -0.25) is 4.90 Å². The van der Waals surface area contributed by atoms with Crippen LogP contribution in [0.4, 0.5) is 0 Å². The van der Waals surface area contributed by atoms with E-state index in [9.17, 15) is 0 Å². The Morgan fingerprint density at radius 2 is 2.08 bits per heavy atom.